The van der Waals surface area contributed by atoms with Gasteiger partial charge in [0, 0.05) is 18.5 Å². The van der Waals surface area contributed by atoms with Gasteiger partial charge < -0.3 is 9.69 Å². The third-order valence-corrected chi connectivity index (χ3v) is 5.10. The minimum Gasteiger partial charge on any atom is -0.303 e. The molecule has 0 radical (unpaired) electrons. The Bertz CT molecular complexity index is 278. The molecule has 18 heavy (non-hydrogen) atoms. The SMILES string of the molecule is CCC1CCCN(CC2(C=O)CCCC(C)C2)C1. The van der Waals surface area contributed by atoms with Crippen LogP contribution in [0.25, 0.3) is 0 Å². The Hall–Kier alpha value is -0.370. The molecule has 0 aromatic rings. The third kappa shape index (κ3) is 3.34. The maximum Gasteiger partial charge on any atom is 0.127 e. The third-order valence-electron chi connectivity index (χ3n) is 5.10. The van der Waals surface area contributed by atoms with Gasteiger partial charge in [-0.1, -0.05) is 33.1 Å². The van der Waals surface area contributed by atoms with Crippen molar-refractivity contribution in [2.45, 2.75) is 58.8 Å². The van der Waals surface area contributed by atoms with Crippen LogP contribution in [0, 0.1) is 17.3 Å². The second-order valence-corrected chi connectivity index (χ2v) is 6.83. The first kappa shape index (κ1) is 14.0. The molecule has 2 nitrogen and oxygen atoms in total. The molecular weight excluding hydrogens is 222 g/mol. The van der Waals surface area contributed by atoms with Crippen molar-refractivity contribution in [3.05, 3.63) is 0 Å². The Balaban J connectivity index is 1.94. The largest absolute Gasteiger partial charge is 0.303 e. The fraction of sp³-hybridized carbons (Fsp3) is 0.938. The highest BCUT2D eigenvalue weighted by atomic mass is 16.1. The number of carbonyl (C=O) groups excluding carboxylic acids is 1. The van der Waals surface area contributed by atoms with Gasteiger partial charge in [0.2, 0.25) is 0 Å². The lowest BCUT2D eigenvalue weighted by Crippen LogP contribution is -2.45. The van der Waals surface area contributed by atoms with Crippen molar-refractivity contribution in [3.63, 3.8) is 0 Å². The summed E-state index contributed by atoms with van der Waals surface area (Å²) in [6.45, 7) is 8.06. The van der Waals surface area contributed by atoms with Gasteiger partial charge in [0.15, 0.2) is 0 Å². The van der Waals surface area contributed by atoms with Gasteiger partial charge >= 0.3 is 0 Å². The lowest BCUT2D eigenvalue weighted by molar-refractivity contribution is -0.120. The molecule has 104 valence electrons. The van der Waals surface area contributed by atoms with Gasteiger partial charge in [-0.25, -0.2) is 0 Å². The molecule has 1 heterocycles. The van der Waals surface area contributed by atoms with Gasteiger partial charge in [-0.3, -0.25) is 0 Å². The summed E-state index contributed by atoms with van der Waals surface area (Å²) in [6.07, 6.45) is 10.1. The van der Waals surface area contributed by atoms with E-state index in [-0.39, 0.29) is 5.41 Å². The van der Waals surface area contributed by atoms with E-state index in [0.717, 1.165) is 31.2 Å². The van der Waals surface area contributed by atoms with Crippen molar-refractivity contribution in [2.75, 3.05) is 19.6 Å². The number of hydrogen-bond donors (Lipinski definition) is 0. The van der Waals surface area contributed by atoms with Crippen LogP contribution >= 0.6 is 0 Å². The Labute approximate surface area is 112 Å². The zero-order valence-corrected chi connectivity index (χ0v) is 12.2. The number of piperidine rings is 1. The summed E-state index contributed by atoms with van der Waals surface area (Å²) >= 11 is 0. The van der Waals surface area contributed by atoms with Gasteiger partial charge in [-0.05, 0) is 44.1 Å². The monoisotopic (exact) mass is 251 g/mol. The summed E-state index contributed by atoms with van der Waals surface area (Å²) in [7, 11) is 0. The van der Waals surface area contributed by atoms with Gasteiger partial charge in [0.1, 0.15) is 6.29 Å². The number of likely N-dealkylation sites (tertiary alicyclic amines) is 1. The fourth-order valence-electron chi connectivity index (χ4n) is 4.06. The Morgan fingerprint density at radius 2 is 2.17 bits per heavy atom. The molecule has 3 atom stereocenters. The van der Waals surface area contributed by atoms with Crippen molar-refractivity contribution in [1.29, 1.82) is 0 Å². The van der Waals surface area contributed by atoms with Crippen LogP contribution < -0.4 is 0 Å². The van der Waals surface area contributed by atoms with Crippen LogP contribution in [-0.4, -0.2) is 30.8 Å². The summed E-state index contributed by atoms with van der Waals surface area (Å²) < 4.78 is 0. The number of carbonyl (C=O) groups is 1. The first-order valence-electron chi connectivity index (χ1n) is 7.86. The van der Waals surface area contributed by atoms with Gasteiger partial charge in [0.25, 0.3) is 0 Å². The van der Waals surface area contributed by atoms with Crippen molar-refractivity contribution in [3.8, 4) is 0 Å². The van der Waals surface area contributed by atoms with Crippen molar-refractivity contribution in [1.82, 2.24) is 4.90 Å². The molecule has 2 rings (SSSR count). The normalized spacial score (nSPS) is 38.6. The molecule has 0 N–H and O–H groups in total. The summed E-state index contributed by atoms with van der Waals surface area (Å²) in [6, 6.07) is 0. The van der Waals surface area contributed by atoms with Crippen LogP contribution in [0.3, 0.4) is 0 Å². The number of hydrogen-bond acceptors (Lipinski definition) is 2. The lowest BCUT2D eigenvalue weighted by atomic mass is 9.70. The molecule has 1 saturated heterocycles. The van der Waals surface area contributed by atoms with E-state index in [1.54, 1.807) is 0 Å². The first-order chi connectivity index (χ1) is 8.67. The highest BCUT2D eigenvalue weighted by molar-refractivity contribution is 5.60. The molecule has 0 bridgehead atoms. The molecule has 1 aliphatic carbocycles. The van der Waals surface area contributed by atoms with E-state index in [0.29, 0.717) is 0 Å². The first-order valence-corrected chi connectivity index (χ1v) is 7.86. The highest BCUT2D eigenvalue weighted by Crippen LogP contribution is 2.39. The summed E-state index contributed by atoms with van der Waals surface area (Å²) in [5.74, 6) is 1.60. The van der Waals surface area contributed by atoms with Gasteiger partial charge in [-0.15, -0.1) is 0 Å². The van der Waals surface area contributed by atoms with E-state index in [1.807, 2.05) is 0 Å². The van der Waals surface area contributed by atoms with Crippen LogP contribution in [-0.2, 0) is 4.79 Å². The van der Waals surface area contributed by atoms with E-state index < -0.39 is 0 Å². The number of aldehydes is 1. The van der Waals surface area contributed by atoms with Gasteiger partial charge in [0.05, 0.1) is 0 Å². The molecule has 1 saturated carbocycles. The molecular formula is C16H29NO. The predicted octanol–water partition coefficient (Wildman–Crippen LogP) is 3.50. The summed E-state index contributed by atoms with van der Waals surface area (Å²) in [5, 5.41) is 0. The van der Waals surface area contributed by atoms with Crippen LogP contribution in [0.5, 0.6) is 0 Å². The minimum atomic E-state index is -0.0205. The lowest BCUT2D eigenvalue weighted by Gasteiger charge is -2.42. The fourth-order valence-corrected chi connectivity index (χ4v) is 4.06. The van der Waals surface area contributed by atoms with Gasteiger partial charge in [-0.2, -0.15) is 0 Å². The van der Waals surface area contributed by atoms with E-state index in [2.05, 4.69) is 18.7 Å². The molecule has 0 amide bonds. The molecule has 0 aromatic carbocycles. The van der Waals surface area contributed by atoms with E-state index in [9.17, 15) is 4.79 Å². The quantitative estimate of drug-likeness (QED) is 0.713. The zero-order chi connectivity index (χ0) is 13.0. The Morgan fingerprint density at radius 3 is 2.83 bits per heavy atom. The van der Waals surface area contributed by atoms with Crippen LogP contribution in [0.4, 0.5) is 0 Å². The average molecular weight is 251 g/mol. The Morgan fingerprint density at radius 1 is 1.33 bits per heavy atom. The molecule has 0 spiro atoms. The molecule has 1 aliphatic heterocycles. The maximum absolute atomic E-state index is 11.6. The molecule has 2 heteroatoms. The standard InChI is InChI=1S/C16H29NO/c1-3-15-7-5-9-17(11-15)12-16(13-18)8-4-6-14(2)10-16/h13-15H,3-12H2,1-2H3. The molecule has 2 aliphatic rings. The second-order valence-electron chi connectivity index (χ2n) is 6.83. The van der Waals surface area contributed by atoms with Crippen molar-refractivity contribution in [2.24, 2.45) is 17.3 Å². The number of rotatable bonds is 4. The topological polar surface area (TPSA) is 20.3 Å². The number of nitrogens with zero attached hydrogens (tertiary/aromatic N) is 1. The van der Waals surface area contributed by atoms with E-state index in [4.69, 9.17) is 0 Å². The molecule has 3 unspecified atom stereocenters. The van der Waals surface area contributed by atoms with Crippen molar-refractivity contribution < 1.29 is 4.79 Å². The van der Waals surface area contributed by atoms with Crippen LogP contribution in [0.1, 0.15) is 58.8 Å². The molecule has 0 aromatic heterocycles. The minimum absolute atomic E-state index is 0.0205. The average Bonchev–Trinajstić information content (AvgIpc) is 2.39. The van der Waals surface area contributed by atoms with Crippen molar-refractivity contribution >= 4 is 6.29 Å². The molecule has 2 fully saturated rings. The zero-order valence-electron chi connectivity index (χ0n) is 12.2. The maximum atomic E-state index is 11.6. The summed E-state index contributed by atoms with van der Waals surface area (Å²) in [5.41, 5.74) is -0.0205. The smallest absolute Gasteiger partial charge is 0.127 e. The van der Waals surface area contributed by atoms with Crippen LogP contribution in [0.15, 0.2) is 0 Å². The van der Waals surface area contributed by atoms with E-state index >= 15 is 0 Å². The van der Waals surface area contributed by atoms with Crippen LogP contribution in [0.2, 0.25) is 0 Å². The Kier molecular flexibility index (Phi) is 4.83. The van der Waals surface area contributed by atoms with E-state index in [1.165, 1.54) is 51.5 Å². The predicted molar refractivity (Wildman–Crippen MR) is 75.6 cm³/mol. The summed E-state index contributed by atoms with van der Waals surface area (Å²) in [4.78, 5) is 14.2. The second kappa shape index (κ2) is 6.18. The highest BCUT2D eigenvalue weighted by Gasteiger charge is 2.37.